The van der Waals surface area contributed by atoms with Gasteiger partial charge in [0.05, 0.1) is 12.1 Å². The summed E-state index contributed by atoms with van der Waals surface area (Å²) in [5.74, 6) is 1.63. The van der Waals surface area contributed by atoms with Crippen molar-refractivity contribution in [2.24, 2.45) is 0 Å². The number of nitrogens with zero attached hydrogens (tertiary/aromatic N) is 2. The van der Waals surface area contributed by atoms with Gasteiger partial charge in [0.2, 0.25) is 5.88 Å². The Morgan fingerprint density at radius 1 is 1.00 bits per heavy atom. The van der Waals surface area contributed by atoms with E-state index in [4.69, 9.17) is 35.3 Å². The summed E-state index contributed by atoms with van der Waals surface area (Å²) in [5.41, 5.74) is 4.30. The molecule has 1 aliphatic heterocycles. The Bertz CT molecular complexity index is 1460. The van der Waals surface area contributed by atoms with Gasteiger partial charge in [-0.15, -0.1) is 0 Å². The SMILES string of the molecule is COC(=O)c1cc(Cl)c(COc2cccc(-c3ccc4c(c3)OCCO4)c2C)nc1OCc1cccnc1. The van der Waals surface area contributed by atoms with Gasteiger partial charge >= 0.3 is 5.97 Å². The quantitative estimate of drug-likeness (QED) is 0.262. The molecule has 2 aromatic carbocycles. The van der Waals surface area contributed by atoms with Crippen LogP contribution in [0, 0.1) is 6.92 Å². The van der Waals surface area contributed by atoms with Gasteiger partial charge in [-0.2, -0.15) is 0 Å². The van der Waals surface area contributed by atoms with Gasteiger partial charge in [-0.25, -0.2) is 9.78 Å². The predicted molar refractivity (Wildman–Crippen MR) is 141 cm³/mol. The van der Waals surface area contributed by atoms with Gasteiger partial charge in [0.25, 0.3) is 0 Å². The number of benzene rings is 2. The van der Waals surface area contributed by atoms with Crippen molar-refractivity contribution in [1.82, 2.24) is 9.97 Å². The molecule has 0 aliphatic carbocycles. The van der Waals surface area contributed by atoms with Crippen molar-refractivity contribution in [3.63, 3.8) is 0 Å². The topological polar surface area (TPSA) is 89.0 Å². The molecule has 0 saturated carbocycles. The Kier molecular flexibility index (Phi) is 7.60. The van der Waals surface area contributed by atoms with Gasteiger partial charge in [0.15, 0.2) is 11.5 Å². The van der Waals surface area contributed by atoms with Crippen LogP contribution >= 0.6 is 11.6 Å². The minimum Gasteiger partial charge on any atom is -0.487 e. The summed E-state index contributed by atoms with van der Waals surface area (Å²) < 4.78 is 28.2. The molecule has 5 rings (SSSR count). The molecule has 0 bridgehead atoms. The number of carbonyl (C=O) groups is 1. The standard InChI is InChI=1S/C29H25ClN2O6/c1-18-21(20-8-9-26-27(13-20)36-12-11-35-26)6-3-7-25(18)37-17-24-23(30)14-22(29(33)34-2)28(32-24)38-16-19-5-4-10-31-15-19/h3-10,13-15H,11-12,16-17H2,1-2H3. The molecule has 2 aromatic heterocycles. The molecule has 0 radical (unpaired) electrons. The van der Waals surface area contributed by atoms with Crippen LogP contribution in [0.4, 0.5) is 0 Å². The third-order valence-electron chi connectivity index (χ3n) is 6.02. The first-order chi connectivity index (χ1) is 18.5. The summed E-state index contributed by atoms with van der Waals surface area (Å²) in [6.45, 7) is 3.29. The smallest absolute Gasteiger partial charge is 0.343 e. The van der Waals surface area contributed by atoms with Gasteiger partial charge in [0.1, 0.15) is 43.4 Å². The number of pyridine rings is 2. The molecule has 0 atom stereocenters. The van der Waals surface area contributed by atoms with E-state index in [-0.39, 0.29) is 29.7 Å². The van der Waals surface area contributed by atoms with Crippen LogP contribution in [-0.2, 0) is 18.0 Å². The van der Waals surface area contributed by atoms with Crippen molar-refractivity contribution >= 4 is 17.6 Å². The number of methoxy groups -OCH3 is 1. The number of halogens is 1. The van der Waals surface area contributed by atoms with E-state index >= 15 is 0 Å². The van der Waals surface area contributed by atoms with Crippen LogP contribution in [0.1, 0.15) is 27.2 Å². The molecule has 3 heterocycles. The Labute approximate surface area is 225 Å². The zero-order valence-electron chi connectivity index (χ0n) is 20.9. The summed E-state index contributed by atoms with van der Waals surface area (Å²) in [4.78, 5) is 20.9. The van der Waals surface area contributed by atoms with E-state index in [1.54, 1.807) is 18.5 Å². The molecule has 1 aliphatic rings. The highest BCUT2D eigenvalue weighted by Crippen LogP contribution is 2.37. The normalized spacial score (nSPS) is 12.1. The first kappa shape index (κ1) is 25.4. The lowest BCUT2D eigenvalue weighted by molar-refractivity contribution is 0.0594. The average Bonchev–Trinajstić information content (AvgIpc) is 2.96. The Balaban J connectivity index is 1.38. The van der Waals surface area contributed by atoms with Crippen LogP contribution in [0.15, 0.2) is 67.0 Å². The van der Waals surface area contributed by atoms with Crippen LogP contribution < -0.4 is 18.9 Å². The molecule has 0 N–H and O–H groups in total. The van der Waals surface area contributed by atoms with E-state index in [1.807, 2.05) is 49.4 Å². The summed E-state index contributed by atoms with van der Waals surface area (Å²) in [5, 5.41) is 0.264. The number of hydrogen-bond acceptors (Lipinski definition) is 8. The highest BCUT2D eigenvalue weighted by atomic mass is 35.5. The van der Waals surface area contributed by atoms with Crippen molar-refractivity contribution in [2.75, 3.05) is 20.3 Å². The lowest BCUT2D eigenvalue weighted by atomic mass is 9.99. The van der Waals surface area contributed by atoms with E-state index in [0.717, 1.165) is 33.8 Å². The molecule has 0 unspecified atom stereocenters. The maximum Gasteiger partial charge on any atom is 0.343 e. The third kappa shape index (κ3) is 5.50. The maximum absolute atomic E-state index is 12.3. The summed E-state index contributed by atoms with van der Waals surface area (Å²) in [6.07, 6.45) is 3.35. The van der Waals surface area contributed by atoms with E-state index < -0.39 is 5.97 Å². The summed E-state index contributed by atoms with van der Waals surface area (Å²) in [6, 6.07) is 16.9. The zero-order chi connectivity index (χ0) is 26.5. The first-order valence-electron chi connectivity index (χ1n) is 12.0. The van der Waals surface area contributed by atoms with Crippen molar-refractivity contribution in [3.05, 3.63) is 94.4 Å². The van der Waals surface area contributed by atoms with Crippen LogP contribution in [0.25, 0.3) is 11.1 Å². The second-order valence-corrected chi connectivity index (χ2v) is 8.89. The molecular weight excluding hydrogens is 508 g/mol. The van der Waals surface area contributed by atoms with Gasteiger partial charge in [-0.3, -0.25) is 4.98 Å². The van der Waals surface area contributed by atoms with Gasteiger partial charge in [-0.05, 0) is 53.9 Å². The van der Waals surface area contributed by atoms with Crippen LogP contribution in [0.3, 0.4) is 0 Å². The number of hydrogen-bond donors (Lipinski definition) is 0. The molecular formula is C29H25ClN2O6. The minimum absolute atomic E-state index is 0.0645. The highest BCUT2D eigenvalue weighted by molar-refractivity contribution is 6.31. The lowest BCUT2D eigenvalue weighted by Crippen LogP contribution is -2.15. The first-order valence-corrected chi connectivity index (χ1v) is 12.3. The minimum atomic E-state index is -0.601. The largest absolute Gasteiger partial charge is 0.487 e. The molecule has 38 heavy (non-hydrogen) atoms. The monoisotopic (exact) mass is 532 g/mol. The van der Waals surface area contributed by atoms with E-state index in [9.17, 15) is 4.79 Å². The molecule has 9 heteroatoms. The summed E-state index contributed by atoms with van der Waals surface area (Å²) in [7, 11) is 1.29. The number of aromatic nitrogens is 2. The van der Waals surface area contributed by atoms with Gasteiger partial charge < -0.3 is 23.7 Å². The molecule has 0 amide bonds. The zero-order valence-corrected chi connectivity index (χ0v) is 21.7. The molecule has 4 aromatic rings. The van der Waals surface area contributed by atoms with Crippen molar-refractivity contribution in [2.45, 2.75) is 20.1 Å². The Morgan fingerprint density at radius 3 is 2.63 bits per heavy atom. The van der Waals surface area contributed by atoms with E-state index in [0.29, 0.717) is 24.7 Å². The molecule has 0 spiro atoms. The molecule has 194 valence electrons. The fraction of sp³-hybridized carbons (Fsp3) is 0.207. The fourth-order valence-corrected chi connectivity index (χ4v) is 4.26. The average molecular weight is 533 g/mol. The highest BCUT2D eigenvalue weighted by Gasteiger charge is 2.20. The van der Waals surface area contributed by atoms with Gasteiger partial charge in [0, 0.05) is 18.0 Å². The molecule has 8 nitrogen and oxygen atoms in total. The van der Waals surface area contributed by atoms with Crippen LogP contribution in [0.5, 0.6) is 23.1 Å². The number of esters is 1. The fourth-order valence-electron chi connectivity index (χ4n) is 4.05. The van der Waals surface area contributed by atoms with Crippen LogP contribution in [-0.4, -0.2) is 36.3 Å². The van der Waals surface area contributed by atoms with Crippen molar-refractivity contribution in [3.8, 4) is 34.3 Å². The van der Waals surface area contributed by atoms with Crippen molar-refractivity contribution in [1.29, 1.82) is 0 Å². The third-order valence-corrected chi connectivity index (χ3v) is 6.35. The molecule has 0 fully saturated rings. The van der Waals surface area contributed by atoms with Gasteiger partial charge in [-0.1, -0.05) is 35.9 Å². The second kappa shape index (κ2) is 11.4. The van der Waals surface area contributed by atoms with E-state index in [2.05, 4.69) is 9.97 Å². The number of rotatable bonds is 8. The lowest BCUT2D eigenvalue weighted by Gasteiger charge is -2.20. The number of carbonyl (C=O) groups excluding carboxylic acids is 1. The Morgan fingerprint density at radius 2 is 1.84 bits per heavy atom. The number of ether oxygens (including phenoxy) is 5. The number of fused-ring (bicyclic) bond motifs is 1. The second-order valence-electron chi connectivity index (χ2n) is 8.49. The predicted octanol–water partition coefficient (Wildman–Crippen LogP) is 5.82. The van der Waals surface area contributed by atoms with Crippen LogP contribution in [0.2, 0.25) is 5.02 Å². The van der Waals surface area contributed by atoms with E-state index in [1.165, 1.54) is 13.2 Å². The molecule has 0 saturated heterocycles. The Hall–Kier alpha value is -4.30. The van der Waals surface area contributed by atoms with Crippen molar-refractivity contribution < 1.29 is 28.5 Å². The maximum atomic E-state index is 12.3. The summed E-state index contributed by atoms with van der Waals surface area (Å²) >= 11 is 6.48.